The second-order valence-electron chi connectivity index (χ2n) is 5.28. The molecule has 1 amide bonds. The number of pyridine rings is 1. The molecule has 2 N–H and O–H groups in total. The maximum absolute atomic E-state index is 11.6. The van der Waals surface area contributed by atoms with Crippen molar-refractivity contribution in [1.29, 1.82) is 0 Å². The summed E-state index contributed by atoms with van der Waals surface area (Å²) in [5, 5.41) is 12.3. The third-order valence-corrected chi connectivity index (χ3v) is 3.15. The van der Waals surface area contributed by atoms with E-state index in [1.165, 1.54) is 6.92 Å². The average molecular weight is 278 g/mol. The maximum Gasteiger partial charge on any atom is 0.222 e. The van der Waals surface area contributed by atoms with Crippen molar-refractivity contribution in [3.8, 4) is 0 Å². The lowest BCUT2D eigenvalue weighted by Crippen LogP contribution is -2.29. The SMILES string of the molecule is CC(=O)c1ccc(CNC(=O)CC(O)C(C)C)nc1C. The highest BCUT2D eigenvalue weighted by Crippen LogP contribution is 2.08. The molecule has 0 aliphatic rings. The molecule has 5 nitrogen and oxygen atoms in total. The fourth-order valence-electron chi connectivity index (χ4n) is 1.77. The summed E-state index contributed by atoms with van der Waals surface area (Å²) in [4.78, 5) is 27.2. The number of hydrogen-bond donors (Lipinski definition) is 2. The van der Waals surface area contributed by atoms with E-state index in [0.29, 0.717) is 23.5 Å². The second-order valence-corrected chi connectivity index (χ2v) is 5.28. The maximum atomic E-state index is 11.6. The van der Waals surface area contributed by atoms with Crippen LogP contribution in [0.25, 0.3) is 0 Å². The molecule has 0 aliphatic carbocycles. The van der Waals surface area contributed by atoms with E-state index in [9.17, 15) is 14.7 Å². The van der Waals surface area contributed by atoms with Crippen LogP contribution < -0.4 is 5.32 Å². The summed E-state index contributed by atoms with van der Waals surface area (Å²) < 4.78 is 0. The van der Waals surface area contributed by atoms with Gasteiger partial charge in [0.05, 0.1) is 24.8 Å². The quantitative estimate of drug-likeness (QED) is 0.775. The van der Waals surface area contributed by atoms with Gasteiger partial charge in [-0.15, -0.1) is 0 Å². The highest BCUT2D eigenvalue weighted by molar-refractivity contribution is 5.95. The molecule has 0 saturated carbocycles. The van der Waals surface area contributed by atoms with Crippen molar-refractivity contribution in [1.82, 2.24) is 10.3 Å². The van der Waals surface area contributed by atoms with Gasteiger partial charge < -0.3 is 10.4 Å². The van der Waals surface area contributed by atoms with Crippen LogP contribution in [-0.2, 0) is 11.3 Å². The highest BCUT2D eigenvalue weighted by atomic mass is 16.3. The Kier molecular flexibility index (Phi) is 5.82. The zero-order valence-electron chi connectivity index (χ0n) is 12.4. The number of carbonyl (C=O) groups is 2. The number of amides is 1. The number of ketones is 1. The fourth-order valence-corrected chi connectivity index (χ4v) is 1.77. The van der Waals surface area contributed by atoms with Crippen LogP contribution in [0.5, 0.6) is 0 Å². The number of aryl methyl sites for hydroxylation is 1. The van der Waals surface area contributed by atoms with Gasteiger partial charge in [0.25, 0.3) is 0 Å². The predicted octanol–water partition coefficient (Wildman–Crippen LogP) is 1.62. The molecule has 0 saturated heterocycles. The van der Waals surface area contributed by atoms with Crippen molar-refractivity contribution >= 4 is 11.7 Å². The Labute approximate surface area is 119 Å². The Bertz CT molecular complexity index is 498. The van der Waals surface area contributed by atoms with Crippen LogP contribution in [0, 0.1) is 12.8 Å². The van der Waals surface area contributed by atoms with Crippen molar-refractivity contribution in [2.24, 2.45) is 5.92 Å². The van der Waals surface area contributed by atoms with Crippen LogP contribution in [0.4, 0.5) is 0 Å². The van der Waals surface area contributed by atoms with Gasteiger partial charge >= 0.3 is 0 Å². The van der Waals surface area contributed by atoms with Crippen molar-refractivity contribution in [2.75, 3.05) is 0 Å². The lowest BCUT2D eigenvalue weighted by molar-refractivity contribution is -0.123. The first kappa shape index (κ1) is 16.3. The molecule has 1 aromatic rings. The van der Waals surface area contributed by atoms with Crippen LogP contribution in [-0.4, -0.2) is 27.9 Å². The van der Waals surface area contributed by atoms with Gasteiger partial charge in [0.2, 0.25) is 5.91 Å². The van der Waals surface area contributed by atoms with E-state index in [0.717, 1.165) is 0 Å². The fraction of sp³-hybridized carbons (Fsp3) is 0.533. The number of rotatable bonds is 6. The number of carbonyl (C=O) groups excluding carboxylic acids is 2. The van der Waals surface area contributed by atoms with Gasteiger partial charge in [0, 0.05) is 11.3 Å². The van der Waals surface area contributed by atoms with Gasteiger partial charge in [-0.25, -0.2) is 0 Å². The van der Waals surface area contributed by atoms with E-state index >= 15 is 0 Å². The van der Waals surface area contributed by atoms with Gasteiger partial charge in [-0.05, 0) is 31.9 Å². The molecule has 5 heteroatoms. The molecule has 1 unspecified atom stereocenters. The van der Waals surface area contributed by atoms with Gasteiger partial charge in [0.1, 0.15) is 0 Å². The molecule has 0 aromatic carbocycles. The number of nitrogens with zero attached hydrogens (tertiary/aromatic N) is 1. The van der Waals surface area contributed by atoms with Crippen LogP contribution in [0.1, 0.15) is 48.9 Å². The molecule has 1 rings (SSSR count). The minimum Gasteiger partial charge on any atom is -0.392 e. The Morgan fingerprint density at radius 2 is 2.00 bits per heavy atom. The molecular weight excluding hydrogens is 256 g/mol. The summed E-state index contributed by atoms with van der Waals surface area (Å²) in [6.07, 6.45) is -0.549. The third-order valence-electron chi connectivity index (χ3n) is 3.15. The van der Waals surface area contributed by atoms with Crippen molar-refractivity contribution < 1.29 is 14.7 Å². The summed E-state index contributed by atoms with van der Waals surface area (Å²) in [5.41, 5.74) is 1.95. The lowest BCUT2D eigenvalue weighted by Gasteiger charge is -2.14. The molecule has 1 aromatic heterocycles. The van der Waals surface area contributed by atoms with Crippen molar-refractivity contribution in [2.45, 2.75) is 46.8 Å². The number of aliphatic hydroxyl groups excluding tert-OH is 1. The van der Waals surface area contributed by atoms with Crippen LogP contribution >= 0.6 is 0 Å². The number of aliphatic hydroxyl groups is 1. The van der Waals surface area contributed by atoms with E-state index in [-0.39, 0.29) is 24.0 Å². The van der Waals surface area contributed by atoms with E-state index in [1.807, 2.05) is 13.8 Å². The number of Topliss-reactive ketones (excluding diaryl/α,β-unsaturated/α-hetero) is 1. The molecule has 0 radical (unpaired) electrons. The molecule has 0 aliphatic heterocycles. The third kappa shape index (κ3) is 4.74. The molecule has 0 spiro atoms. The highest BCUT2D eigenvalue weighted by Gasteiger charge is 2.14. The normalized spacial score (nSPS) is 12.3. The van der Waals surface area contributed by atoms with E-state index in [4.69, 9.17) is 0 Å². The Morgan fingerprint density at radius 3 is 2.50 bits per heavy atom. The zero-order chi connectivity index (χ0) is 15.3. The first-order valence-corrected chi connectivity index (χ1v) is 6.73. The summed E-state index contributed by atoms with van der Waals surface area (Å²) in [7, 11) is 0. The van der Waals surface area contributed by atoms with Crippen LogP contribution in [0.2, 0.25) is 0 Å². The number of hydrogen-bond acceptors (Lipinski definition) is 4. The standard InChI is InChI=1S/C15H22N2O3/c1-9(2)14(19)7-15(20)16-8-12-5-6-13(11(4)18)10(3)17-12/h5-6,9,14,19H,7-8H2,1-4H3,(H,16,20). The molecular formula is C15H22N2O3. The lowest BCUT2D eigenvalue weighted by atomic mass is 10.0. The van der Waals surface area contributed by atoms with Crippen molar-refractivity contribution in [3.05, 3.63) is 29.1 Å². The monoisotopic (exact) mass is 278 g/mol. The summed E-state index contributed by atoms with van der Waals surface area (Å²) in [6.45, 7) is 7.29. The van der Waals surface area contributed by atoms with Gasteiger partial charge in [-0.1, -0.05) is 13.8 Å². The molecule has 0 bridgehead atoms. The molecule has 20 heavy (non-hydrogen) atoms. The molecule has 1 atom stereocenters. The molecule has 0 fully saturated rings. The average Bonchev–Trinajstić information content (AvgIpc) is 2.35. The largest absolute Gasteiger partial charge is 0.392 e. The van der Waals surface area contributed by atoms with Gasteiger partial charge in [-0.3, -0.25) is 14.6 Å². The van der Waals surface area contributed by atoms with E-state index in [1.54, 1.807) is 19.1 Å². The molecule has 1 heterocycles. The summed E-state index contributed by atoms with van der Waals surface area (Å²) in [5.74, 6) is -0.178. The Morgan fingerprint density at radius 1 is 1.35 bits per heavy atom. The first-order valence-electron chi connectivity index (χ1n) is 6.73. The van der Waals surface area contributed by atoms with Gasteiger partial charge in [0.15, 0.2) is 5.78 Å². The van der Waals surface area contributed by atoms with Crippen LogP contribution in [0.15, 0.2) is 12.1 Å². The zero-order valence-corrected chi connectivity index (χ0v) is 12.4. The van der Waals surface area contributed by atoms with E-state index < -0.39 is 6.10 Å². The summed E-state index contributed by atoms with van der Waals surface area (Å²) in [6, 6.07) is 3.44. The minimum atomic E-state index is -0.634. The van der Waals surface area contributed by atoms with E-state index in [2.05, 4.69) is 10.3 Å². The topological polar surface area (TPSA) is 79.3 Å². The second kappa shape index (κ2) is 7.14. The number of nitrogens with one attached hydrogen (secondary N) is 1. The van der Waals surface area contributed by atoms with Crippen molar-refractivity contribution in [3.63, 3.8) is 0 Å². The summed E-state index contributed by atoms with van der Waals surface area (Å²) >= 11 is 0. The number of aromatic nitrogens is 1. The van der Waals surface area contributed by atoms with Crippen LogP contribution in [0.3, 0.4) is 0 Å². The molecule has 110 valence electrons. The predicted molar refractivity (Wildman–Crippen MR) is 76.3 cm³/mol. The Hall–Kier alpha value is -1.75. The Balaban J connectivity index is 2.56. The minimum absolute atomic E-state index is 0.0226. The van der Waals surface area contributed by atoms with Gasteiger partial charge in [-0.2, -0.15) is 0 Å². The first-order chi connectivity index (χ1) is 9.31. The smallest absolute Gasteiger partial charge is 0.222 e.